The number of sulfonamides is 1. The van der Waals surface area contributed by atoms with Gasteiger partial charge in [0.2, 0.25) is 0 Å². The SMILES string of the molecule is CCOc1ccc(N(C(=O)/C=C/c2ccc(Cl)c(Cl)c2)S(=O)(=O)c2ccc(Cl)cc2)cc1. The van der Waals surface area contributed by atoms with E-state index in [4.69, 9.17) is 39.5 Å². The molecule has 0 radical (unpaired) electrons. The normalized spacial score (nSPS) is 11.5. The highest BCUT2D eigenvalue weighted by Crippen LogP contribution is 2.28. The number of anilines is 1. The molecule has 0 heterocycles. The lowest BCUT2D eigenvalue weighted by molar-refractivity contribution is -0.113. The van der Waals surface area contributed by atoms with E-state index in [0.717, 1.165) is 10.4 Å². The van der Waals surface area contributed by atoms with Gasteiger partial charge in [-0.1, -0.05) is 40.9 Å². The Morgan fingerprint density at radius 3 is 2.19 bits per heavy atom. The molecule has 0 N–H and O–H groups in total. The Labute approximate surface area is 201 Å². The van der Waals surface area contributed by atoms with Gasteiger partial charge < -0.3 is 4.74 Å². The fraction of sp³-hybridized carbons (Fsp3) is 0.0870. The van der Waals surface area contributed by atoms with Crippen LogP contribution in [-0.2, 0) is 14.8 Å². The number of hydrogen-bond acceptors (Lipinski definition) is 4. The fourth-order valence-electron chi connectivity index (χ4n) is 2.79. The zero-order valence-corrected chi connectivity index (χ0v) is 19.9. The molecular formula is C23H18Cl3NO4S. The molecule has 0 aliphatic heterocycles. The molecule has 3 aromatic carbocycles. The monoisotopic (exact) mass is 509 g/mol. The summed E-state index contributed by atoms with van der Waals surface area (Å²) in [6.45, 7) is 2.29. The Bertz CT molecular complexity index is 1240. The van der Waals surface area contributed by atoms with Gasteiger partial charge in [0.05, 0.1) is 27.2 Å². The van der Waals surface area contributed by atoms with Crippen LogP contribution < -0.4 is 9.04 Å². The lowest BCUT2D eigenvalue weighted by Gasteiger charge is -2.21. The van der Waals surface area contributed by atoms with Crippen LogP contribution in [0.5, 0.6) is 5.75 Å². The van der Waals surface area contributed by atoms with Gasteiger partial charge in [-0.05, 0) is 79.2 Å². The summed E-state index contributed by atoms with van der Waals surface area (Å²) in [6, 6.07) is 16.6. The van der Waals surface area contributed by atoms with Gasteiger partial charge in [-0.15, -0.1) is 0 Å². The number of halogens is 3. The van der Waals surface area contributed by atoms with Crippen molar-refractivity contribution >= 4 is 62.5 Å². The molecule has 0 atom stereocenters. The minimum Gasteiger partial charge on any atom is -0.494 e. The van der Waals surface area contributed by atoms with Gasteiger partial charge in [0.25, 0.3) is 15.9 Å². The van der Waals surface area contributed by atoms with Crippen LogP contribution >= 0.6 is 34.8 Å². The third-order valence-electron chi connectivity index (χ3n) is 4.30. The van der Waals surface area contributed by atoms with E-state index in [0.29, 0.717) is 33.0 Å². The van der Waals surface area contributed by atoms with Gasteiger partial charge in [0, 0.05) is 11.1 Å². The van der Waals surface area contributed by atoms with E-state index in [2.05, 4.69) is 0 Å². The molecule has 0 spiro atoms. The molecule has 5 nitrogen and oxygen atoms in total. The minimum absolute atomic E-state index is 0.0768. The number of ether oxygens (including phenoxy) is 1. The topological polar surface area (TPSA) is 63.7 Å². The molecule has 3 aromatic rings. The van der Waals surface area contributed by atoms with E-state index < -0.39 is 15.9 Å². The molecular weight excluding hydrogens is 493 g/mol. The average Bonchev–Trinajstić information content (AvgIpc) is 2.76. The first-order valence-corrected chi connectivity index (χ1v) is 12.0. The largest absolute Gasteiger partial charge is 0.494 e. The summed E-state index contributed by atoms with van der Waals surface area (Å²) in [5.74, 6) is -0.214. The van der Waals surface area contributed by atoms with Crippen LogP contribution in [0.4, 0.5) is 5.69 Å². The predicted octanol–water partition coefficient (Wildman–Crippen LogP) is 6.48. The van der Waals surface area contributed by atoms with Crippen molar-refractivity contribution in [1.29, 1.82) is 0 Å². The average molecular weight is 511 g/mol. The molecule has 0 bridgehead atoms. The number of hydrogen-bond donors (Lipinski definition) is 0. The van der Waals surface area contributed by atoms with Gasteiger partial charge >= 0.3 is 0 Å². The van der Waals surface area contributed by atoms with Gasteiger partial charge in [0.15, 0.2) is 0 Å². The van der Waals surface area contributed by atoms with E-state index in [1.165, 1.54) is 42.5 Å². The smallest absolute Gasteiger partial charge is 0.271 e. The molecule has 0 saturated carbocycles. The van der Waals surface area contributed by atoms with Crippen molar-refractivity contribution in [3.63, 3.8) is 0 Å². The van der Waals surface area contributed by atoms with Crippen molar-refractivity contribution in [3.8, 4) is 5.75 Å². The summed E-state index contributed by atoms with van der Waals surface area (Å²) in [7, 11) is -4.23. The minimum atomic E-state index is -4.23. The Balaban J connectivity index is 2.02. The molecule has 32 heavy (non-hydrogen) atoms. The molecule has 0 fully saturated rings. The molecule has 0 aliphatic rings. The molecule has 1 amide bonds. The second-order valence-corrected chi connectivity index (χ2v) is 9.53. The lowest BCUT2D eigenvalue weighted by atomic mass is 10.2. The number of nitrogens with zero attached hydrogens (tertiary/aromatic N) is 1. The molecule has 0 unspecified atom stereocenters. The third-order valence-corrected chi connectivity index (χ3v) is 7.03. The second kappa shape index (κ2) is 10.4. The van der Waals surface area contributed by atoms with E-state index in [1.54, 1.807) is 30.3 Å². The van der Waals surface area contributed by atoms with Crippen molar-refractivity contribution in [2.75, 3.05) is 10.9 Å². The van der Waals surface area contributed by atoms with Crippen molar-refractivity contribution in [2.24, 2.45) is 0 Å². The lowest BCUT2D eigenvalue weighted by Crippen LogP contribution is -2.35. The molecule has 0 aromatic heterocycles. The Kier molecular flexibility index (Phi) is 7.85. The van der Waals surface area contributed by atoms with Crippen molar-refractivity contribution in [3.05, 3.63) is 93.4 Å². The summed E-state index contributed by atoms with van der Waals surface area (Å²) >= 11 is 17.8. The zero-order valence-electron chi connectivity index (χ0n) is 16.8. The van der Waals surface area contributed by atoms with Crippen LogP contribution in [0.3, 0.4) is 0 Å². The Hall–Kier alpha value is -2.51. The third kappa shape index (κ3) is 5.64. The van der Waals surface area contributed by atoms with Crippen LogP contribution in [-0.4, -0.2) is 20.9 Å². The van der Waals surface area contributed by atoms with Crippen LogP contribution in [0.2, 0.25) is 15.1 Å². The van der Waals surface area contributed by atoms with Crippen LogP contribution in [0.15, 0.2) is 77.7 Å². The quantitative estimate of drug-likeness (QED) is 0.341. The Morgan fingerprint density at radius 1 is 0.938 bits per heavy atom. The van der Waals surface area contributed by atoms with Gasteiger partial charge in [-0.3, -0.25) is 4.79 Å². The first-order valence-electron chi connectivity index (χ1n) is 9.43. The fourth-order valence-corrected chi connectivity index (χ4v) is 4.61. The van der Waals surface area contributed by atoms with Crippen molar-refractivity contribution in [2.45, 2.75) is 11.8 Å². The van der Waals surface area contributed by atoms with Crippen LogP contribution in [0, 0.1) is 0 Å². The van der Waals surface area contributed by atoms with Crippen LogP contribution in [0.1, 0.15) is 12.5 Å². The first-order chi connectivity index (χ1) is 15.2. The maximum atomic E-state index is 13.4. The maximum Gasteiger partial charge on any atom is 0.271 e. The van der Waals surface area contributed by atoms with Gasteiger partial charge in [-0.2, -0.15) is 4.31 Å². The number of benzene rings is 3. The van der Waals surface area contributed by atoms with E-state index in [9.17, 15) is 13.2 Å². The molecule has 166 valence electrons. The van der Waals surface area contributed by atoms with Gasteiger partial charge in [-0.25, -0.2) is 8.42 Å². The number of carbonyl (C=O) groups excluding carboxylic acids is 1. The molecule has 3 rings (SSSR count). The van der Waals surface area contributed by atoms with Crippen molar-refractivity contribution < 1.29 is 17.9 Å². The Morgan fingerprint density at radius 2 is 1.59 bits per heavy atom. The predicted molar refractivity (Wildman–Crippen MR) is 129 cm³/mol. The summed E-state index contributed by atoms with van der Waals surface area (Å²) in [5, 5.41) is 1.07. The van der Waals surface area contributed by atoms with Gasteiger partial charge in [0.1, 0.15) is 5.75 Å². The molecule has 9 heteroatoms. The highest BCUT2D eigenvalue weighted by molar-refractivity contribution is 7.93. The zero-order chi connectivity index (χ0) is 23.3. The summed E-state index contributed by atoms with van der Waals surface area (Å²) in [4.78, 5) is 13.0. The summed E-state index contributed by atoms with van der Waals surface area (Å²) in [6.07, 6.45) is 2.62. The summed E-state index contributed by atoms with van der Waals surface area (Å²) in [5.41, 5.74) is 0.746. The second-order valence-electron chi connectivity index (χ2n) is 6.50. The first kappa shape index (κ1) is 24.1. The molecule has 0 saturated heterocycles. The van der Waals surface area contributed by atoms with E-state index >= 15 is 0 Å². The number of rotatable bonds is 7. The van der Waals surface area contributed by atoms with Crippen LogP contribution in [0.25, 0.3) is 6.08 Å². The molecule has 0 aliphatic carbocycles. The highest BCUT2D eigenvalue weighted by Gasteiger charge is 2.29. The maximum absolute atomic E-state index is 13.4. The standard InChI is InChI=1S/C23H18Cl3NO4S/c1-2-31-19-9-7-18(8-10-19)27(32(29,30)20-11-5-17(24)6-12-20)23(28)14-4-16-3-13-21(25)22(26)15-16/h3-15H,2H2,1H3/b14-4+. The number of amides is 1. The summed E-state index contributed by atoms with van der Waals surface area (Å²) < 4.78 is 32.9. The highest BCUT2D eigenvalue weighted by atomic mass is 35.5. The number of carbonyl (C=O) groups is 1. The van der Waals surface area contributed by atoms with Crippen molar-refractivity contribution in [1.82, 2.24) is 0 Å². The van der Waals surface area contributed by atoms with E-state index in [1.807, 2.05) is 6.92 Å². The van der Waals surface area contributed by atoms with E-state index in [-0.39, 0.29) is 10.6 Å².